The zero-order valence-electron chi connectivity index (χ0n) is 11.3. The lowest BCUT2D eigenvalue weighted by Gasteiger charge is -2.28. The van der Waals surface area contributed by atoms with Crippen LogP contribution in [0.15, 0.2) is 40.9 Å². The van der Waals surface area contributed by atoms with E-state index in [2.05, 4.69) is 71.5 Å². The van der Waals surface area contributed by atoms with Gasteiger partial charge < -0.3 is 5.32 Å². The monoisotopic (exact) mass is 315 g/mol. The molecular weight excluding hydrogens is 298 g/mol. The van der Waals surface area contributed by atoms with Gasteiger partial charge in [0.05, 0.1) is 6.04 Å². The molecule has 0 aliphatic carbocycles. The molecule has 19 heavy (non-hydrogen) atoms. The summed E-state index contributed by atoms with van der Waals surface area (Å²) in [5.41, 5.74) is 7.05. The van der Waals surface area contributed by atoms with E-state index >= 15 is 0 Å². The maximum absolute atomic E-state index is 3.64. The highest BCUT2D eigenvalue weighted by molar-refractivity contribution is 9.10. The Morgan fingerprint density at radius 2 is 1.74 bits per heavy atom. The largest absolute Gasteiger partial charge is 0.306 e. The Morgan fingerprint density at radius 1 is 1.05 bits per heavy atom. The minimum absolute atomic E-state index is 0.330. The van der Waals surface area contributed by atoms with Crippen molar-refractivity contribution < 1.29 is 0 Å². The fraction of sp³-hybridized carbons (Fsp3) is 0.294. The summed E-state index contributed by atoms with van der Waals surface area (Å²) in [7, 11) is 0. The van der Waals surface area contributed by atoms with Gasteiger partial charge in [-0.1, -0.05) is 40.2 Å². The van der Waals surface area contributed by atoms with Crippen molar-refractivity contribution in [2.45, 2.75) is 26.3 Å². The van der Waals surface area contributed by atoms with Gasteiger partial charge in [-0.3, -0.25) is 0 Å². The van der Waals surface area contributed by atoms with E-state index < -0.39 is 0 Å². The van der Waals surface area contributed by atoms with Crippen LogP contribution in [0.5, 0.6) is 0 Å². The third-order valence-corrected chi connectivity index (χ3v) is 4.54. The van der Waals surface area contributed by atoms with Crippen LogP contribution in [0.2, 0.25) is 0 Å². The van der Waals surface area contributed by atoms with Gasteiger partial charge in [-0.15, -0.1) is 0 Å². The number of aryl methyl sites for hydroxylation is 2. The van der Waals surface area contributed by atoms with Crippen LogP contribution in [-0.2, 0) is 6.42 Å². The molecule has 3 rings (SSSR count). The van der Waals surface area contributed by atoms with Crippen molar-refractivity contribution >= 4 is 15.9 Å². The van der Waals surface area contributed by atoms with Crippen LogP contribution in [0.3, 0.4) is 0 Å². The average molecular weight is 316 g/mol. The first-order valence-electron chi connectivity index (χ1n) is 6.74. The van der Waals surface area contributed by atoms with Crippen LogP contribution in [0.1, 0.15) is 33.9 Å². The van der Waals surface area contributed by atoms with Crippen LogP contribution in [0.25, 0.3) is 0 Å². The van der Waals surface area contributed by atoms with E-state index in [1.807, 2.05) is 0 Å². The summed E-state index contributed by atoms with van der Waals surface area (Å²) in [5, 5.41) is 3.64. The maximum Gasteiger partial charge on any atom is 0.0579 e. The Labute approximate surface area is 123 Å². The second kappa shape index (κ2) is 5.10. The van der Waals surface area contributed by atoms with Gasteiger partial charge in [-0.05, 0) is 60.2 Å². The molecule has 1 nitrogen and oxygen atoms in total. The minimum Gasteiger partial charge on any atom is -0.306 e. The van der Waals surface area contributed by atoms with E-state index in [0.29, 0.717) is 6.04 Å². The molecule has 2 heteroatoms. The predicted octanol–water partition coefficient (Wildman–Crippen LogP) is 4.30. The first-order valence-corrected chi connectivity index (χ1v) is 7.53. The Hall–Kier alpha value is -1.12. The third kappa shape index (κ3) is 2.47. The number of hydrogen-bond donors (Lipinski definition) is 1. The predicted molar refractivity (Wildman–Crippen MR) is 83.6 cm³/mol. The summed E-state index contributed by atoms with van der Waals surface area (Å²) in [5.74, 6) is 0. The molecule has 1 N–H and O–H groups in total. The number of benzene rings is 2. The summed E-state index contributed by atoms with van der Waals surface area (Å²) in [6.45, 7) is 5.45. The standard InChI is InChI=1S/C17H18BrN/c1-11-9-14-7-8-19-17(16(14)10-12(11)2)13-3-5-15(18)6-4-13/h3-6,9-10,17,19H,7-8H2,1-2H3. The number of rotatable bonds is 1. The first kappa shape index (κ1) is 12.9. The van der Waals surface area contributed by atoms with Crippen molar-refractivity contribution in [1.29, 1.82) is 0 Å². The van der Waals surface area contributed by atoms with Crippen molar-refractivity contribution in [1.82, 2.24) is 5.32 Å². The molecule has 1 heterocycles. The summed E-state index contributed by atoms with van der Waals surface area (Å²) >= 11 is 3.50. The Balaban J connectivity index is 2.07. The molecule has 1 aliphatic rings. The summed E-state index contributed by atoms with van der Waals surface area (Å²) in [6.07, 6.45) is 1.13. The maximum atomic E-state index is 3.64. The lowest BCUT2D eigenvalue weighted by atomic mass is 9.87. The lowest BCUT2D eigenvalue weighted by Crippen LogP contribution is -2.30. The van der Waals surface area contributed by atoms with Crippen molar-refractivity contribution in [3.8, 4) is 0 Å². The van der Waals surface area contributed by atoms with Gasteiger partial charge >= 0.3 is 0 Å². The molecule has 0 aromatic heterocycles. The second-order valence-corrected chi connectivity index (χ2v) is 6.24. The topological polar surface area (TPSA) is 12.0 Å². The third-order valence-electron chi connectivity index (χ3n) is 4.01. The summed E-state index contributed by atoms with van der Waals surface area (Å²) < 4.78 is 1.13. The smallest absolute Gasteiger partial charge is 0.0579 e. The molecule has 0 fully saturated rings. The molecule has 1 atom stereocenters. The molecular formula is C17H18BrN. The van der Waals surface area contributed by atoms with E-state index in [0.717, 1.165) is 17.4 Å². The van der Waals surface area contributed by atoms with Gasteiger partial charge in [0.25, 0.3) is 0 Å². The van der Waals surface area contributed by atoms with Gasteiger partial charge in [0, 0.05) is 11.0 Å². The molecule has 0 saturated heterocycles. The quantitative estimate of drug-likeness (QED) is 0.827. The Bertz CT molecular complexity index is 601. The fourth-order valence-corrected chi connectivity index (χ4v) is 3.06. The number of hydrogen-bond acceptors (Lipinski definition) is 1. The molecule has 2 aromatic carbocycles. The highest BCUT2D eigenvalue weighted by atomic mass is 79.9. The molecule has 2 aromatic rings. The van der Waals surface area contributed by atoms with Crippen LogP contribution in [0, 0.1) is 13.8 Å². The van der Waals surface area contributed by atoms with Crippen LogP contribution < -0.4 is 5.32 Å². The fourth-order valence-electron chi connectivity index (χ4n) is 2.80. The Kier molecular flexibility index (Phi) is 3.46. The molecule has 98 valence electrons. The first-order chi connectivity index (χ1) is 9.15. The number of nitrogens with one attached hydrogen (secondary N) is 1. The number of fused-ring (bicyclic) bond motifs is 1. The van der Waals surface area contributed by atoms with Crippen molar-refractivity contribution in [2.24, 2.45) is 0 Å². The zero-order chi connectivity index (χ0) is 13.4. The highest BCUT2D eigenvalue weighted by Gasteiger charge is 2.21. The second-order valence-electron chi connectivity index (χ2n) is 5.32. The van der Waals surface area contributed by atoms with Gasteiger partial charge in [-0.25, -0.2) is 0 Å². The van der Waals surface area contributed by atoms with E-state index in [4.69, 9.17) is 0 Å². The van der Waals surface area contributed by atoms with Crippen molar-refractivity contribution in [2.75, 3.05) is 6.54 Å². The van der Waals surface area contributed by atoms with Crippen LogP contribution in [-0.4, -0.2) is 6.54 Å². The van der Waals surface area contributed by atoms with E-state index in [1.165, 1.54) is 27.8 Å². The summed E-state index contributed by atoms with van der Waals surface area (Å²) in [4.78, 5) is 0. The number of halogens is 1. The summed E-state index contributed by atoms with van der Waals surface area (Å²) in [6, 6.07) is 13.7. The van der Waals surface area contributed by atoms with Gasteiger partial charge in [0.1, 0.15) is 0 Å². The van der Waals surface area contributed by atoms with Gasteiger partial charge in [-0.2, -0.15) is 0 Å². The molecule has 1 aliphatic heterocycles. The molecule has 0 amide bonds. The van der Waals surface area contributed by atoms with Gasteiger partial charge in [0.2, 0.25) is 0 Å². The lowest BCUT2D eigenvalue weighted by molar-refractivity contribution is 0.567. The van der Waals surface area contributed by atoms with E-state index in [9.17, 15) is 0 Å². The normalized spacial score (nSPS) is 18.2. The van der Waals surface area contributed by atoms with E-state index in [-0.39, 0.29) is 0 Å². The molecule has 0 bridgehead atoms. The van der Waals surface area contributed by atoms with Crippen LogP contribution >= 0.6 is 15.9 Å². The average Bonchev–Trinajstić information content (AvgIpc) is 2.41. The SMILES string of the molecule is Cc1cc2c(cc1C)C(c1ccc(Br)cc1)NCC2. The van der Waals surface area contributed by atoms with Crippen molar-refractivity contribution in [3.05, 3.63) is 68.7 Å². The molecule has 1 unspecified atom stereocenters. The van der Waals surface area contributed by atoms with Crippen LogP contribution in [0.4, 0.5) is 0 Å². The van der Waals surface area contributed by atoms with Gasteiger partial charge in [0.15, 0.2) is 0 Å². The van der Waals surface area contributed by atoms with Crippen molar-refractivity contribution in [3.63, 3.8) is 0 Å². The Morgan fingerprint density at radius 3 is 2.47 bits per heavy atom. The minimum atomic E-state index is 0.330. The highest BCUT2D eigenvalue weighted by Crippen LogP contribution is 2.31. The zero-order valence-corrected chi connectivity index (χ0v) is 12.9. The molecule has 0 radical (unpaired) electrons. The van der Waals surface area contributed by atoms with E-state index in [1.54, 1.807) is 0 Å². The molecule has 0 spiro atoms. The molecule has 0 saturated carbocycles.